The Labute approximate surface area is 149 Å². The Hall–Kier alpha value is -3.42. The number of rotatable bonds is 6. The van der Waals surface area contributed by atoms with Crippen LogP contribution in [0, 0.1) is 10.1 Å². The second-order valence-electron chi connectivity index (χ2n) is 5.92. The topological polar surface area (TPSA) is 111 Å². The van der Waals surface area contributed by atoms with Gasteiger partial charge in [0, 0.05) is 23.7 Å². The van der Waals surface area contributed by atoms with Gasteiger partial charge in [0.25, 0.3) is 17.5 Å². The average Bonchev–Trinajstić information content (AvgIpc) is 3.46. The fraction of sp³-hybridized carbons (Fsp3) is 0.222. The first kappa shape index (κ1) is 17.4. The van der Waals surface area contributed by atoms with Gasteiger partial charge in [0.1, 0.15) is 5.75 Å². The molecule has 1 saturated carbocycles. The molecule has 0 unspecified atom stereocenters. The van der Waals surface area contributed by atoms with E-state index in [0.29, 0.717) is 17.0 Å². The Kier molecular flexibility index (Phi) is 4.83. The van der Waals surface area contributed by atoms with Crippen LogP contribution < -0.4 is 15.4 Å². The largest absolute Gasteiger partial charge is 0.497 e. The van der Waals surface area contributed by atoms with Crippen LogP contribution in [0.25, 0.3) is 0 Å². The van der Waals surface area contributed by atoms with Gasteiger partial charge in [0.2, 0.25) is 0 Å². The van der Waals surface area contributed by atoms with Crippen molar-refractivity contribution in [2.45, 2.75) is 18.9 Å². The van der Waals surface area contributed by atoms with Crippen LogP contribution in [0.2, 0.25) is 0 Å². The van der Waals surface area contributed by atoms with Gasteiger partial charge < -0.3 is 15.4 Å². The van der Waals surface area contributed by atoms with Crippen LogP contribution in [0.3, 0.4) is 0 Å². The number of ether oxygens (including phenoxy) is 1. The molecule has 2 N–H and O–H groups in total. The monoisotopic (exact) mass is 355 g/mol. The van der Waals surface area contributed by atoms with E-state index in [1.165, 1.54) is 31.4 Å². The lowest BCUT2D eigenvalue weighted by molar-refractivity contribution is -0.384. The van der Waals surface area contributed by atoms with E-state index in [0.717, 1.165) is 12.8 Å². The summed E-state index contributed by atoms with van der Waals surface area (Å²) < 4.78 is 5.15. The van der Waals surface area contributed by atoms with Crippen molar-refractivity contribution in [3.05, 3.63) is 63.7 Å². The maximum absolute atomic E-state index is 12.4. The van der Waals surface area contributed by atoms with Gasteiger partial charge in [-0.15, -0.1) is 0 Å². The van der Waals surface area contributed by atoms with Gasteiger partial charge in [0.15, 0.2) is 0 Å². The predicted molar refractivity (Wildman–Crippen MR) is 94.5 cm³/mol. The number of benzene rings is 2. The summed E-state index contributed by atoms with van der Waals surface area (Å²) in [5, 5.41) is 16.2. The van der Waals surface area contributed by atoms with Gasteiger partial charge in [-0.1, -0.05) is 0 Å². The van der Waals surface area contributed by atoms with Crippen LogP contribution in [-0.4, -0.2) is 29.9 Å². The number of carbonyl (C=O) groups excluding carboxylic acids is 2. The third-order valence-corrected chi connectivity index (χ3v) is 3.97. The lowest BCUT2D eigenvalue weighted by atomic mass is 10.1. The zero-order chi connectivity index (χ0) is 18.7. The van der Waals surface area contributed by atoms with Crippen LogP contribution in [0.4, 0.5) is 11.4 Å². The Morgan fingerprint density at radius 2 is 1.81 bits per heavy atom. The van der Waals surface area contributed by atoms with Gasteiger partial charge in [0.05, 0.1) is 23.3 Å². The first-order chi connectivity index (χ1) is 12.5. The molecule has 0 bridgehead atoms. The number of methoxy groups -OCH3 is 1. The number of hydrogen-bond donors (Lipinski definition) is 2. The molecule has 26 heavy (non-hydrogen) atoms. The molecule has 0 aromatic heterocycles. The third kappa shape index (κ3) is 3.97. The summed E-state index contributed by atoms with van der Waals surface area (Å²) in [6.07, 6.45) is 1.89. The molecular formula is C18H17N3O5. The van der Waals surface area contributed by atoms with Crippen LogP contribution in [-0.2, 0) is 0 Å². The molecule has 1 aliphatic rings. The van der Waals surface area contributed by atoms with E-state index in [9.17, 15) is 19.7 Å². The molecule has 2 amide bonds. The van der Waals surface area contributed by atoms with Gasteiger partial charge in [-0.2, -0.15) is 0 Å². The van der Waals surface area contributed by atoms with Gasteiger partial charge in [-0.3, -0.25) is 19.7 Å². The molecule has 0 atom stereocenters. The van der Waals surface area contributed by atoms with E-state index < -0.39 is 10.8 Å². The normalized spacial score (nSPS) is 13.0. The molecule has 0 radical (unpaired) electrons. The summed E-state index contributed by atoms with van der Waals surface area (Å²) in [4.78, 5) is 35.0. The lowest BCUT2D eigenvalue weighted by Crippen LogP contribution is -2.27. The molecule has 2 aromatic carbocycles. The fourth-order valence-electron chi connectivity index (χ4n) is 2.37. The Morgan fingerprint density at radius 1 is 1.12 bits per heavy atom. The fourth-order valence-corrected chi connectivity index (χ4v) is 2.37. The predicted octanol–water partition coefficient (Wildman–Crippen LogP) is 2.75. The molecule has 134 valence electrons. The number of nitrogens with zero attached hydrogens (tertiary/aromatic N) is 1. The van der Waals surface area contributed by atoms with Gasteiger partial charge in [-0.05, 0) is 43.2 Å². The highest BCUT2D eigenvalue weighted by Crippen LogP contribution is 2.25. The summed E-state index contributed by atoms with van der Waals surface area (Å²) >= 11 is 0. The van der Waals surface area contributed by atoms with Gasteiger partial charge >= 0.3 is 0 Å². The van der Waals surface area contributed by atoms with Crippen molar-refractivity contribution >= 4 is 23.2 Å². The summed E-state index contributed by atoms with van der Waals surface area (Å²) in [6.45, 7) is 0. The average molecular weight is 355 g/mol. The molecule has 8 heteroatoms. The smallest absolute Gasteiger partial charge is 0.269 e. The van der Waals surface area contributed by atoms with Crippen LogP contribution in [0.15, 0.2) is 42.5 Å². The number of nitro groups is 1. The Balaban J connectivity index is 1.82. The maximum Gasteiger partial charge on any atom is 0.269 e. The van der Waals surface area contributed by atoms with Gasteiger partial charge in [-0.25, -0.2) is 0 Å². The minimum Gasteiger partial charge on any atom is -0.497 e. The standard InChI is InChI=1S/C18H17N3O5/c1-26-14-8-9-16(15(10-14)18(23)19-12-4-5-12)20-17(22)11-2-6-13(7-3-11)21(24)25/h2-3,6-10,12H,4-5H2,1H3,(H,19,23)(H,20,22). The van der Waals surface area contributed by atoms with Crippen molar-refractivity contribution in [3.8, 4) is 5.75 Å². The molecule has 1 fully saturated rings. The summed E-state index contributed by atoms with van der Waals surface area (Å²) in [6, 6.07) is 10.2. The van der Waals surface area contributed by atoms with Crippen molar-refractivity contribution in [1.82, 2.24) is 5.32 Å². The molecular weight excluding hydrogens is 338 g/mol. The first-order valence-corrected chi connectivity index (χ1v) is 8.02. The molecule has 0 spiro atoms. The zero-order valence-electron chi connectivity index (χ0n) is 14.0. The molecule has 3 rings (SSSR count). The van der Waals surface area contributed by atoms with E-state index in [-0.39, 0.29) is 23.2 Å². The van der Waals surface area contributed by atoms with Crippen molar-refractivity contribution in [2.24, 2.45) is 0 Å². The SMILES string of the molecule is COc1ccc(NC(=O)c2ccc([N+](=O)[O-])cc2)c(C(=O)NC2CC2)c1. The van der Waals surface area contributed by atoms with Crippen LogP contribution in [0.5, 0.6) is 5.75 Å². The second kappa shape index (κ2) is 7.22. The zero-order valence-corrected chi connectivity index (χ0v) is 14.0. The van der Waals surface area contributed by atoms with Crippen LogP contribution >= 0.6 is 0 Å². The minimum atomic E-state index is -0.536. The van der Waals surface area contributed by atoms with E-state index in [4.69, 9.17) is 4.74 Å². The summed E-state index contributed by atoms with van der Waals surface area (Å²) in [5.41, 5.74) is 0.786. The molecule has 0 heterocycles. The number of hydrogen-bond acceptors (Lipinski definition) is 5. The van der Waals surface area contributed by atoms with E-state index in [1.54, 1.807) is 18.2 Å². The van der Waals surface area contributed by atoms with Crippen molar-refractivity contribution < 1.29 is 19.2 Å². The minimum absolute atomic E-state index is 0.101. The number of anilines is 1. The third-order valence-electron chi connectivity index (χ3n) is 3.97. The first-order valence-electron chi connectivity index (χ1n) is 8.02. The highest BCUT2D eigenvalue weighted by molar-refractivity contribution is 6.09. The Bertz CT molecular complexity index is 860. The number of non-ortho nitro benzene ring substituents is 1. The maximum atomic E-state index is 12.4. The highest BCUT2D eigenvalue weighted by Gasteiger charge is 2.25. The van der Waals surface area contributed by atoms with Crippen LogP contribution in [0.1, 0.15) is 33.6 Å². The molecule has 0 saturated heterocycles. The molecule has 8 nitrogen and oxygen atoms in total. The van der Waals surface area contributed by atoms with Crippen molar-refractivity contribution in [3.63, 3.8) is 0 Å². The van der Waals surface area contributed by atoms with E-state index in [1.807, 2.05) is 0 Å². The summed E-state index contributed by atoms with van der Waals surface area (Å²) in [5.74, 6) is -0.254. The molecule has 2 aromatic rings. The molecule has 1 aliphatic carbocycles. The van der Waals surface area contributed by atoms with Crippen molar-refractivity contribution in [1.29, 1.82) is 0 Å². The lowest BCUT2D eigenvalue weighted by Gasteiger charge is -2.13. The van der Waals surface area contributed by atoms with E-state index >= 15 is 0 Å². The number of nitrogens with one attached hydrogen (secondary N) is 2. The van der Waals surface area contributed by atoms with E-state index in [2.05, 4.69) is 10.6 Å². The number of amides is 2. The highest BCUT2D eigenvalue weighted by atomic mass is 16.6. The Morgan fingerprint density at radius 3 is 2.38 bits per heavy atom. The summed E-state index contributed by atoms with van der Waals surface area (Å²) in [7, 11) is 1.49. The van der Waals surface area contributed by atoms with Crippen molar-refractivity contribution in [2.75, 3.05) is 12.4 Å². The number of nitro benzene ring substituents is 1. The quantitative estimate of drug-likeness (QED) is 0.611. The number of carbonyl (C=O) groups is 2. The molecule has 0 aliphatic heterocycles. The second-order valence-corrected chi connectivity index (χ2v) is 5.92.